The van der Waals surface area contributed by atoms with Crippen molar-refractivity contribution >= 4 is 17.3 Å². The smallest absolute Gasteiger partial charge is 0.246 e. The lowest BCUT2D eigenvalue weighted by Crippen LogP contribution is -1.99. The normalized spacial score (nSPS) is 10.5. The largest absolute Gasteiger partial charge is 0.497 e. The van der Waals surface area contributed by atoms with E-state index in [0.29, 0.717) is 23.3 Å². The summed E-state index contributed by atoms with van der Waals surface area (Å²) in [6, 6.07) is 14.9. The van der Waals surface area contributed by atoms with Crippen molar-refractivity contribution in [1.29, 1.82) is 0 Å². The van der Waals surface area contributed by atoms with Gasteiger partial charge in [-0.2, -0.15) is 4.98 Å². The summed E-state index contributed by atoms with van der Waals surface area (Å²) in [4.78, 5) is 4.36. The van der Waals surface area contributed by atoms with Gasteiger partial charge in [-0.05, 0) is 48.5 Å². The number of methoxy groups -OCH3 is 1. The molecule has 0 amide bonds. The Morgan fingerprint density at radius 1 is 1.09 bits per heavy atom. The van der Waals surface area contributed by atoms with E-state index in [2.05, 4.69) is 15.5 Å². The Kier molecular flexibility index (Phi) is 4.25. The van der Waals surface area contributed by atoms with E-state index in [1.807, 2.05) is 48.5 Å². The molecule has 2 aromatic carbocycles. The lowest BCUT2D eigenvalue weighted by Gasteiger charge is -2.02. The topological polar surface area (TPSA) is 60.2 Å². The first kappa shape index (κ1) is 14.4. The first-order chi connectivity index (χ1) is 10.7. The predicted octanol–water partition coefficient (Wildman–Crippen LogP) is 4.01. The number of anilines is 1. The number of aromatic nitrogens is 2. The van der Waals surface area contributed by atoms with E-state index in [1.54, 1.807) is 7.11 Å². The van der Waals surface area contributed by atoms with Crippen LogP contribution in [0.1, 0.15) is 5.89 Å². The molecule has 0 saturated carbocycles. The molecule has 6 heteroatoms. The van der Waals surface area contributed by atoms with Crippen molar-refractivity contribution in [3.8, 4) is 17.1 Å². The minimum absolute atomic E-state index is 0.449. The van der Waals surface area contributed by atoms with Gasteiger partial charge in [-0.15, -0.1) is 0 Å². The maximum absolute atomic E-state index is 5.84. The number of hydrogen-bond donors (Lipinski definition) is 1. The van der Waals surface area contributed by atoms with Crippen LogP contribution in [0.3, 0.4) is 0 Å². The Labute approximate surface area is 132 Å². The zero-order chi connectivity index (χ0) is 15.4. The molecule has 0 bridgehead atoms. The molecule has 0 radical (unpaired) electrons. The van der Waals surface area contributed by atoms with Crippen LogP contribution in [-0.4, -0.2) is 17.3 Å². The van der Waals surface area contributed by atoms with Crippen LogP contribution in [0.5, 0.6) is 5.75 Å². The monoisotopic (exact) mass is 315 g/mol. The first-order valence-corrected chi connectivity index (χ1v) is 7.09. The van der Waals surface area contributed by atoms with E-state index in [9.17, 15) is 0 Å². The molecule has 3 rings (SSSR count). The summed E-state index contributed by atoms with van der Waals surface area (Å²) in [6.07, 6.45) is 0. The van der Waals surface area contributed by atoms with Crippen LogP contribution >= 0.6 is 11.6 Å². The van der Waals surface area contributed by atoms with E-state index in [4.69, 9.17) is 20.9 Å². The third kappa shape index (κ3) is 3.38. The number of ether oxygens (including phenoxy) is 1. The summed E-state index contributed by atoms with van der Waals surface area (Å²) >= 11 is 5.84. The molecule has 1 aromatic heterocycles. The molecule has 112 valence electrons. The Bertz CT molecular complexity index is 739. The minimum Gasteiger partial charge on any atom is -0.497 e. The second-order valence-electron chi connectivity index (χ2n) is 4.60. The molecular weight excluding hydrogens is 302 g/mol. The van der Waals surface area contributed by atoms with Crippen LogP contribution in [-0.2, 0) is 6.54 Å². The van der Waals surface area contributed by atoms with Gasteiger partial charge in [0.15, 0.2) is 0 Å². The number of halogens is 1. The van der Waals surface area contributed by atoms with Crippen LogP contribution in [0.2, 0.25) is 5.02 Å². The van der Waals surface area contributed by atoms with Gasteiger partial charge in [0.25, 0.3) is 0 Å². The van der Waals surface area contributed by atoms with Gasteiger partial charge in [0.1, 0.15) is 5.75 Å². The van der Waals surface area contributed by atoms with Crippen LogP contribution in [0.4, 0.5) is 5.69 Å². The Balaban J connectivity index is 1.66. The summed E-state index contributed by atoms with van der Waals surface area (Å²) < 4.78 is 10.4. The number of rotatable bonds is 5. The molecule has 0 spiro atoms. The van der Waals surface area contributed by atoms with Gasteiger partial charge in [0, 0.05) is 16.3 Å². The highest BCUT2D eigenvalue weighted by Crippen LogP contribution is 2.20. The molecular formula is C16H14ClN3O2. The lowest BCUT2D eigenvalue weighted by atomic mass is 10.2. The zero-order valence-corrected chi connectivity index (χ0v) is 12.7. The summed E-state index contributed by atoms with van der Waals surface area (Å²) in [5.74, 6) is 1.85. The van der Waals surface area contributed by atoms with Gasteiger partial charge < -0.3 is 14.6 Å². The third-order valence-corrected chi connectivity index (χ3v) is 3.36. The molecule has 0 atom stereocenters. The molecule has 3 aromatic rings. The van der Waals surface area contributed by atoms with Crippen LogP contribution in [0, 0.1) is 0 Å². The average Bonchev–Trinajstić information content (AvgIpc) is 3.03. The molecule has 0 fully saturated rings. The highest BCUT2D eigenvalue weighted by atomic mass is 35.5. The van der Waals surface area contributed by atoms with Crippen molar-refractivity contribution in [2.45, 2.75) is 6.54 Å². The standard InChI is InChI=1S/C16H14ClN3O2/c1-21-14-8-2-11(3-9-14)16-19-15(22-20-16)10-18-13-6-4-12(17)5-7-13/h2-9,18H,10H2,1H3. The van der Waals surface area contributed by atoms with E-state index < -0.39 is 0 Å². The molecule has 0 aliphatic rings. The van der Waals surface area contributed by atoms with E-state index in [1.165, 1.54) is 0 Å². The Morgan fingerprint density at radius 2 is 1.82 bits per heavy atom. The van der Waals surface area contributed by atoms with Crippen LogP contribution < -0.4 is 10.1 Å². The SMILES string of the molecule is COc1ccc(-c2noc(CNc3ccc(Cl)cc3)n2)cc1. The van der Waals surface area contributed by atoms with E-state index in [0.717, 1.165) is 17.0 Å². The molecule has 1 heterocycles. The van der Waals surface area contributed by atoms with Crippen LogP contribution in [0.25, 0.3) is 11.4 Å². The summed E-state index contributed by atoms with van der Waals surface area (Å²) in [5, 5.41) is 7.88. The fraction of sp³-hybridized carbons (Fsp3) is 0.125. The third-order valence-electron chi connectivity index (χ3n) is 3.10. The van der Waals surface area contributed by atoms with E-state index in [-0.39, 0.29) is 0 Å². The van der Waals surface area contributed by atoms with Crippen molar-refractivity contribution in [2.24, 2.45) is 0 Å². The molecule has 0 unspecified atom stereocenters. The number of nitrogens with one attached hydrogen (secondary N) is 1. The molecule has 0 aliphatic heterocycles. The first-order valence-electron chi connectivity index (χ1n) is 6.71. The predicted molar refractivity (Wildman–Crippen MR) is 85.1 cm³/mol. The van der Waals surface area contributed by atoms with Crippen molar-refractivity contribution in [1.82, 2.24) is 10.1 Å². The summed E-state index contributed by atoms with van der Waals surface area (Å²) in [6.45, 7) is 0.449. The zero-order valence-electron chi connectivity index (χ0n) is 11.9. The minimum atomic E-state index is 0.449. The number of nitrogens with zero attached hydrogens (tertiary/aromatic N) is 2. The quantitative estimate of drug-likeness (QED) is 0.770. The van der Waals surface area contributed by atoms with Gasteiger partial charge in [-0.3, -0.25) is 0 Å². The fourth-order valence-electron chi connectivity index (χ4n) is 1.93. The lowest BCUT2D eigenvalue weighted by molar-refractivity contribution is 0.384. The summed E-state index contributed by atoms with van der Waals surface area (Å²) in [7, 11) is 1.63. The van der Waals surface area contributed by atoms with Crippen molar-refractivity contribution < 1.29 is 9.26 Å². The molecule has 5 nitrogen and oxygen atoms in total. The number of hydrogen-bond acceptors (Lipinski definition) is 5. The van der Waals surface area contributed by atoms with Gasteiger partial charge in [0.2, 0.25) is 11.7 Å². The molecule has 22 heavy (non-hydrogen) atoms. The van der Waals surface area contributed by atoms with Crippen molar-refractivity contribution in [3.05, 3.63) is 59.4 Å². The second kappa shape index (κ2) is 6.49. The fourth-order valence-corrected chi connectivity index (χ4v) is 2.06. The second-order valence-corrected chi connectivity index (χ2v) is 5.04. The van der Waals surface area contributed by atoms with Crippen molar-refractivity contribution in [2.75, 3.05) is 12.4 Å². The summed E-state index contributed by atoms with van der Waals surface area (Å²) in [5.41, 5.74) is 1.82. The highest BCUT2D eigenvalue weighted by molar-refractivity contribution is 6.30. The van der Waals surface area contributed by atoms with Gasteiger partial charge in [0.05, 0.1) is 13.7 Å². The van der Waals surface area contributed by atoms with E-state index >= 15 is 0 Å². The Morgan fingerprint density at radius 3 is 2.50 bits per heavy atom. The van der Waals surface area contributed by atoms with Gasteiger partial charge >= 0.3 is 0 Å². The molecule has 0 saturated heterocycles. The highest BCUT2D eigenvalue weighted by Gasteiger charge is 2.08. The average molecular weight is 316 g/mol. The van der Waals surface area contributed by atoms with Gasteiger partial charge in [-0.25, -0.2) is 0 Å². The maximum Gasteiger partial charge on any atom is 0.246 e. The number of benzene rings is 2. The molecule has 0 aliphatic carbocycles. The Hall–Kier alpha value is -2.53. The van der Waals surface area contributed by atoms with Crippen molar-refractivity contribution in [3.63, 3.8) is 0 Å². The maximum atomic E-state index is 5.84. The molecule has 1 N–H and O–H groups in total. The van der Waals surface area contributed by atoms with Crippen LogP contribution in [0.15, 0.2) is 53.1 Å². The van der Waals surface area contributed by atoms with Gasteiger partial charge in [-0.1, -0.05) is 16.8 Å².